The molecule has 1 aliphatic rings. The Balaban J connectivity index is 1.92. The maximum absolute atomic E-state index is 12.7. The molecule has 7 heteroatoms. The van der Waals surface area contributed by atoms with E-state index in [2.05, 4.69) is 10.4 Å². The van der Waals surface area contributed by atoms with E-state index in [-0.39, 0.29) is 11.8 Å². The Labute approximate surface area is 132 Å². The number of benzene rings is 1. The van der Waals surface area contributed by atoms with Crippen LogP contribution < -0.4 is 10.2 Å². The highest BCUT2D eigenvalue weighted by Crippen LogP contribution is 2.45. The summed E-state index contributed by atoms with van der Waals surface area (Å²) in [5.74, 6) is -0.184. The Morgan fingerprint density at radius 2 is 2.00 bits per heavy atom. The van der Waals surface area contributed by atoms with Crippen LogP contribution in [0.3, 0.4) is 0 Å². The van der Waals surface area contributed by atoms with Crippen molar-refractivity contribution in [2.75, 3.05) is 17.3 Å². The van der Waals surface area contributed by atoms with Crippen LogP contribution in [0.1, 0.15) is 6.92 Å². The molecule has 1 N–H and O–H groups in total. The molecule has 114 valence electrons. The highest BCUT2D eigenvalue weighted by Gasteiger charge is 2.48. The molecule has 0 spiro atoms. The van der Waals surface area contributed by atoms with E-state index in [0.717, 1.165) is 10.6 Å². The molecule has 22 heavy (non-hydrogen) atoms. The number of aryl methyl sites for hydroxylation is 1. The number of nitrogens with one attached hydrogen (secondary N) is 1. The minimum absolute atomic E-state index is 0.246. The summed E-state index contributed by atoms with van der Waals surface area (Å²) in [6.07, 6.45) is 1.73. The summed E-state index contributed by atoms with van der Waals surface area (Å²) in [5.41, 5.74) is 0.820. The third-order valence-corrected chi connectivity index (χ3v) is 4.98. The largest absolute Gasteiger partial charge is 0.313 e. The van der Waals surface area contributed by atoms with Gasteiger partial charge in [0.1, 0.15) is 0 Å². The first-order chi connectivity index (χ1) is 10.4. The van der Waals surface area contributed by atoms with Crippen molar-refractivity contribution in [3.05, 3.63) is 36.5 Å². The first-order valence-electron chi connectivity index (χ1n) is 6.79. The molecular formula is C15H16N4O2S. The summed E-state index contributed by atoms with van der Waals surface area (Å²) in [5, 5.41) is 6.83. The minimum Gasteiger partial charge on any atom is -0.313 e. The zero-order valence-electron chi connectivity index (χ0n) is 12.5. The van der Waals surface area contributed by atoms with Gasteiger partial charge in [-0.05, 0) is 19.1 Å². The van der Waals surface area contributed by atoms with Gasteiger partial charge in [-0.3, -0.25) is 14.3 Å². The highest BCUT2D eigenvalue weighted by atomic mass is 32.2. The Bertz CT molecular complexity index is 758. The van der Waals surface area contributed by atoms with Crippen LogP contribution in [-0.2, 0) is 16.6 Å². The Morgan fingerprint density at radius 1 is 1.27 bits per heavy atom. The lowest BCUT2D eigenvalue weighted by molar-refractivity contribution is -0.128. The quantitative estimate of drug-likeness (QED) is 0.859. The van der Waals surface area contributed by atoms with E-state index in [1.54, 1.807) is 38.0 Å². The normalized spacial score (nSPS) is 20.7. The number of carbonyl (C=O) groups is 2. The predicted octanol–water partition coefficient (Wildman–Crippen LogP) is 1.89. The van der Waals surface area contributed by atoms with Crippen molar-refractivity contribution < 1.29 is 9.59 Å². The van der Waals surface area contributed by atoms with Crippen LogP contribution in [-0.4, -0.2) is 33.4 Å². The average molecular weight is 316 g/mol. The van der Waals surface area contributed by atoms with Crippen LogP contribution in [0.2, 0.25) is 0 Å². The van der Waals surface area contributed by atoms with Gasteiger partial charge in [-0.15, -0.1) is 0 Å². The second-order valence-electron chi connectivity index (χ2n) is 5.30. The monoisotopic (exact) mass is 316 g/mol. The zero-order chi connectivity index (χ0) is 15.9. The lowest BCUT2D eigenvalue weighted by Crippen LogP contribution is -2.53. The number of aromatic nitrogens is 2. The third kappa shape index (κ3) is 2.27. The molecule has 3 rings (SSSR count). The fraction of sp³-hybridized carbons (Fsp3) is 0.267. The number of carbonyl (C=O) groups excluding carboxylic acids is 2. The molecule has 2 amide bonds. The third-order valence-electron chi connectivity index (χ3n) is 3.64. The zero-order valence-corrected chi connectivity index (χ0v) is 13.3. The highest BCUT2D eigenvalue weighted by molar-refractivity contribution is 8.02. The van der Waals surface area contributed by atoms with Crippen LogP contribution in [0.5, 0.6) is 0 Å². The summed E-state index contributed by atoms with van der Waals surface area (Å²) in [6.45, 7) is 1.64. The molecule has 1 unspecified atom stereocenters. The number of hydrogen-bond acceptors (Lipinski definition) is 4. The lowest BCUT2D eigenvalue weighted by atomic mass is 10.1. The van der Waals surface area contributed by atoms with Gasteiger partial charge in [0.15, 0.2) is 10.6 Å². The molecule has 1 atom stereocenters. The molecule has 0 radical (unpaired) electrons. The summed E-state index contributed by atoms with van der Waals surface area (Å²) in [6, 6.07) is 9.24. The number of rotatable bonds is 2. The molecule has 2 aromatic rings. The lowest BCUT2D eigenvalue weighted by Gasteiger charge is -2.36. The molecule has 1 aromatic carbocycles. The van der Waals surface area contributed by atoms with Crippen molar-refractivity contribution >= 4 is 35.1 Å². The van der Waals surface area contributed by atoms with Gasteiger partial charge < -0.3 is 10.2 Å². The van der Waals surface area contributed by atoms with Gasteiger partial charge in [-0.2, -0.15) is 5.10 Å². The van der Waals surface area contributed by atoms with E-state index in [1.165, 1.54) is 16.7 Å². The number of hydrogen-bond donors (Lipinski definition) is 1. The van der Waals surface area contributed by atoms with Crippen molar-refractivity contribution in [1.29, 1.82) is 0 Å². The number of amides is 2. The molecule has 2 heterocycles. The number of fused-ring (bicyclic) bond motifs is 1. The van der Waals surface area contributed by atoms with E-state index in [9.17, 15) is 9.59 Å². The fourth-order valence-electron chi connectivity index (χ4n) is 2.37. The van der Waals surface area contributed by atoms with E-state index in [4.69, 9.17) is 0 Å². The van der Waals surface area contributed by atoms with Gasteiger partial charge in [0, 0.05) is 31.3 Å². The maximum Gasteiger partial charge on any atom is 0.252 e. The Morgan fingerprint density at radius 3 is 2.68 bits per heavy atom. The minimum atomic E-state index is -1.22. The topological polar surface area (TPSA) is 67.2 Å². The van der Waals surface area contributed by atoms with Crippen molar-refractivity contribution in [2.45, 2.75) is 16.6 Å². The van der Waals surface area contributed by atoms with Crippen LogP contribution >= 0.6 is 11.8 Å². The van der Waals surface area contributed by atoms with Crippen molar-refractivity contribution in [2.24, 2.45) is 7.05 Å². The molecule has 0 saturated carbocycles. The Kier molecular flexibility index (Phi) is 3.44. The first kappa shape index (κ1) is 14.6. The summed E-state index contributed by atoms with van der Waals surface area (Å²) in [7, 11) is 3.45. The molecule has 0 bridgehead atoms. The first-order valence-corrected chi connectivity index (χ1v) is 7.61. The summed E-state index contributed by atoms with van der Waals surface area (Å²) in [4.78, 5) is 27.7. The van der Waals surface area contributed by atoms with Gasteiger partial charge in [-0.1, -0.05) is 23.9 Å². The average Bonchev–Trinajstić information content (AvgIpc) is 2.90. The SMILES string of the molecule is CN1C(=O)C(C)(C(=O)Nc2ccn(C)n2)Sc2ccccc21. The molecule has 0 aliphatic carbocycles. The van der Waals surface area contributed by atoms with E-state index < -0.39 is 4.75 Å². The molecule has 1 aliphatic heterocycles. The molecule has 0 saturated heterocycles. The number of anilines is 2. The Hall–Kier alpha value is -2.28. The van der Waals surface area contributed by atoms with Crippen LogP contribution in [0.25, 0.3) is 0 Å². The number of para-hydroxylation sites is 1. The van der Waals surface area contributed by atoms with Crippen molar-refractivity contribution in [3.63, 3.8) is 0 Å². The van der Waals surface area contributed by atoms with Gasteiger partial charge in [0.05, 0.1) is 5.69 Å². The van der Waals surface area contributed by atoms with Crippen LogP contribution in [0, 0.1) is 0 Å². The van der Waals surface area contributed by atoms with Crippen molar-refractivity contribution in [3.8, 4) is 0 Å². The van der Waals surface area contributed by atoms with Gasteiger partial charge in [-0.25, -0.2) is 0 Å². The van der Waals surface area contributed by atoms with Crippen molar-refractivity contribution in [1.82, 2.24) is 9.78 Å². The van der Waals surface area contributed by atoms with E-state index >= 15 is 0 Å². The summed E-state index contributed by atoms with van der Waals surface area (Å²) >= 11 is 1.27. The van der Waals surface area contributed by atoms with E-state index in [1.807, 2.05) is 24.3 Å². The molecule has 6 nitrogen and oxygen atoms in total. The second kappa shape index (κ2) is 5.17. The summed E-state index contributed by atoms with van der Waals surface area (Å²) < 4.78 is 0.371. The second-order valence-corrected chi connectivity index (χ2v) is 6.76. The molecule has 1 aromatic heterocycles. The van der Waals surface area contributed by atoms with Gasteiger partial charge in [0.2, 0.25) is 0 Å². The number of nitrogens with zero attached hydrogens (tertiary/aromatic N) is 3. The van der Waals surface area contributed by atoms with Crippen LogP contribution in [0.4, 0.5) is 11.5 Å². The standard InChI is InChI=1S/C15H16N4O2S/c1-15(13(20)16-12-8-9-18(2)17-12)14(21)19(3)10-6-4-5-7-11(10)22-15/h4-9H,1-3H3,(H,16,17,20). The number of thioether (sulfide) groups is 1. The fourth-order valence-corrected chi connectivity index (χ4v) is 3.64. The van der Waals surface area contributed by atoms with Gasteiger partial charge >= 0.3 is 0 Å². The van der Waals surface area contributed by atoms with Crippen LogP contribution in [0.15, 0.2) is 41.4 Å². The predicted molar refractivity (Wildman–Crippen MR) is 86.0 cm³/mol. The van der Waals surface area contributed by atoms with E-state index in [0.29, 0.717) is 5.82 Å². The van der Waals surface area contributed by atoms with Gasteiger partial charge in [0.25, 0.3) is 11.8 Å². The molecule has 0 fully saturated rings. The maximum atomic E-state index is 12.7. The smallest absolute Gasteiger partial charge is 0.252 e. The molecular weight excluding hydrogens is 300 g/mol.